The van der Waals surface area contributed by atoms with E-state index >= 15 is 0 Å². The van der Waals surface area contributed by atoms with Crippen LogP contribution in [0, 0.1) is 5.41 Å². The van der Waals surface area contributed by atoms with Crippen LogP contribution in [-0.2, 0) is 11.2 Å². The highest BCUT2D eigenvalue weighted by atomic mass is 79.9. The van der Waals surface area contributed by atoms with Gasteiger partial charge in [0.15, 0.2) is 0 Å². The maximum absolute atomic E-state index is 6.08. The van der Waals surface area contributed by atoms with Crippen molar-refractivity contribution in [1.29, 1.82) is 0 Å². The lowest BCUT2D eigenvalue weighted by Crippen LogP contribution is -2.41. The van der Waals surface area contributed by atoms with E-state index in [0.29, 0.717) is 18.8 Å². The average Bonchev–Trinajstić information content (AvgIpc) is 3.00. The van der Waals surface area contributed by atoms with Crippen molar-refractivity contribution in [2.45, 2.75) is 37.9 Å². The quantitative estimate of drug-likeness (QED) is 0.925. The SMILES string of the molecule is COc1ccc(CC2(CN)CC3CCC2O3)cc1Br. The van der Waals surface area contributed by atoms with Crippen LogP contribution < -0.4 is 10.5 Å². The Balaban J connectivity index is 1.82. The van der Waals surface area contributed by atoms with Crippen LogP contribution in [0.4, 0.5) is 0 Å². The van der Waals surface area contributed by atoms with Gasteiger partial charge < -0.3 is 15.2 Å². The fraction of sp³-hybridized carbons (Fsp3) is 0.600. The van der Waals surface area contributed by atoms with E-state index in [2.05, 4.69) is 28.1 Å². The zero-order valence-corrected chi connectivity index (χ0v) is 12.8. The van der Waals surface area contributed by atoms with Crippen molar-refractivity contribution in [1.82, 2.24) is 0 Å². The van der Waals surface area contributed by atoms with Gasteiger partial charge in [0.1, 0.15) is 5.75 Å². The molecule has 0 amide bonds. The van der Waals surface area contributed by atoms with Crippen LogP contribution in [0.15, 0.2) is 22.7 Å². The number of rotatable bonds is 4. The highest BCUT2D eigenvalue weighted by Gasteiger charge is 2.51. The Bertz CT molecular complexity index is 479. The van der Waals surface area contributed by atoms with E-state index in [-0.39, 0.29) is 5.41 Å². The molecule has 2 heterocycles. The number of hydrogen-bond donors (Lipinski definition) is 1. The van der Waals surface area contributed by atoms with Gasteiger partial charge in [-0.2, -0.15) is 0 Å². The summed E-state index contributed by atoms with van der Waals surface area (Å²) >= 11 is 3.55. The van der Waals surface area contributed by atoms with E-state index in [1.54, 1.807) is 7.11 Å². The molecule has 2 aliphatic rings. The van der Waals surface area contributed by atoms with Crippen LogP contribution in [-0.4, -0.2) is 25.9 Å². The minimum Gasteiger partial charge on any atom is -0.496 e. The molecule has 3 nitrogen and oxygen atoms in total. The lowest BCUT2D eigenvalue weighted by atomic mass is 9.70. The molecule has 1 aromatic carbocycles. The summed E-state index contributed by atoms with van der Waals surface area (Å²) in [6.07, 6.45) is 5.27. The zero-order valence-electron chi connectivity index (χ0n) is 11.2. The van der Waals surface area contributed by atoms with Crippen molar-refractivity contribution < 1.29 is 9.47 Å². The fourth-order valence-corrected chi connectivity index (χ4v) is 4.18. The summed E-state index contributed by atoms with van der Waals surface area (Å²) in [4.78, 5) is 0. The third kappa shape index (κ3) is 2.30. The highest BCUT2D eigenvalue weighted by Crippen LogP contribution is 2.49. The van der Waals surface area contributed by atoms with Gasteiger partial charge in [-0.15, -0.1) is 0 Å². The summed E-state index contributed by atoms with van der Waals surface area (Å²) in [7, 11) is 1.69. The van der Waals surface area contributed by atoms with E-state index < -0.39 is 0 Å². The number of halogens is 1. The van der Waals surface area contributed by atoms with Crippen LogP contribution >= 0.6 is 15.9 Å². The molecule has 4 heteroatoms. The maximum atomic E-state index is 6.08. The van der Waals surface area contributed by atoms with E-state index in [1.807, 2.05) is 6.07 Å². The van der Waals surface area contributed by atoms with Crippen LogP contribution in [0.2, 0.25) is 0 Å². The molecule has 0 saturated carbocycles. The number of nitrogens with two attached hydrogens (primary N) is 1. The average molecular weight is 326 g/mol. The number of ether oxygens (including phenoxy) is 2. The van der Waals surface area contributed by atoms with E-state index in [0.717, 1.165) is 23.1 Å². The minimum absolute atomic E-state index is 0.136. The predicted octanol–water partition coefficient (Wildman–Crippen LogP) is 2.90. The van der Waals surface area contributed by atoms with Gasteiger partial charge in [0.25, 0.3) is 0 Å². The second-order valence-electron chi connectivity index (χ2n) is 5.74. The molecule has 19 heavy (non-hydrogen) atoms. The van der Waals surface area contributed by atoms with Crippen LogP contribution in [0.5, 0.6) is 5.75 Å². The first-order chi connectivity index (χ1) is 9.16. The smallest absolute Gasteiger partial charge is 0.133 e. The summed E-state index contributed by atoms with van der Waals surface area (Å²) in [6, 6.07) is 6.28. The normalized spacial score (nSPS) is 32.8. The molecule has 104 valence electrons. The summed E-state index contributed by atoms with van der Waals surface area (Å²) in [5.74, 6) is 0.870. The fourth-order valence-electron chi connectivity index (χ4n) is 3.59. The Morgan fingerprint density at radius 3 is 2.84 bits per heavy atom. The third-order valence-electron chi connectivity index (χ3n) is 4.60. The second kappa shape index (κ2) is 5.08. The zero-order chi connectivity index (χ0) is 13.5. The Hall–Kier alpha value is -0.580. The summed E-state index contributed by atoms with van der Waals surface area (Å²) in [5.41, 5.74) is 7.52. The largest absolute Gasteiger partial charge is 0.496 e. The topological polar surface area (TPSA) is 44.5 Å². The molecule has 0 aliphatic carbocycles. The molecule has 2 aliphatic heterocycles. The Kier molecular flexibility index (Phi) is 3.58. The van der Waals surface area contributed by atoms with Crippen molar-refractivity contribution in [3.05, 3.63) is 28.2 Å². The van der Waals surface area contributed by atoms with Gasteiger partial charge >= 0.3 is 0 Å². The molecule has 0 radical (unpaired) electrons. The Morgan fingerprint density at radius 2 is 2.32 bits per heavy atom. The van der Waals surface area contributed by atoms with Crippen molar-refractivity contribution in [3.8, 4) is 5.75 Å². The Labute approximate surface area is 122 Å². The first kappa shape index (κ1) is 13.4. The third-order valence-corrected chi connectivity index (χ3v) is 5.22. The number of methoxy groups -OCH3 is 1. The van der Waals surface area contributed by atoms with Gasteiger partial charge in [0, 0.05) is 12.0 Å². The lowest BCUT2D eigenvalue weighted by Gasteiger charge is -2.34. The number of hydrogen-bond acceptors (Lipinski definition) is 3. The molecule has 3 atom stereocenters. The van der Waals surface area contributed by atoms with Crippen molar-refractivity contribution in [3.63, 3.8) is 0 Å². The van der Waals surface area contributed by atoms with Gasteiger partial charge in [-0.3, -0.25) is 0 Å². The lowest BCUT2D eigenvalue weighted by molar-refractivity contribution is 0.0636. The van der Waals surface area contributed by atoms with Gasteiger partial charge in [-0.25, -0.2) is 0 Å². The number of fused-ring (bicyclic) bond motifs is 2. The molecule has 2 saturated heterocycles. The summed E-state index contributed by atoms with van der Waals surface area (Å²) in [5, 5.41) is 0. The Morgan fingerprint density at radius 1 is 1.47 bits per heavy atom. The molecule has 2 bridgehead atoms. The first-order valence-corrected chi connectivity index (χ1v) is 7.64. The van der Waals surface area contributed by atoms with E-state index in [9.17, 15) is 0 Å². The van der Waals surface area contributed by atoms with Crippen molar-refractivity contribution >= 4 is 15.9 Å². The first-order valence-electron chi connectivity index (χ1n) is 6.85. The monoisotopic (exact) mass is 325 g/mol. The molecule has 2 N–H and O–H groups in total. The molecule has 3 unspecified atom stereocenters. The maximum Gasteiger partial charge on any atom is 0.133 e. The van der Waals surface area contributed by atoms with Crippen molar-refractivity contribution in [2.75, 3.05) is 13.7 Å². The highest BCUT2D eigenvalue weighted by molar-refractivity contribution is 9.10. The molecule has 0 aromatic heterocycles. The van der Waals surface area contributed by atoms with Crippen LogP contribution in [0.3, 0.4) is 0 Å². The molecular formula is C15H20BrNO2. The van der Waals surface area contributed by atoms with Crippen molar-refractivity contribution in [2.24, 2.45) is 11.1 Å². The number of benzene rings is 1. The van der Waals surface area contributed by atoms with Gasteiger partial charge in [-0.1, -0.05) is 6.07 Å². The molecule has 3 rings (SSSR count). The summed E-state index contributed by atoms with van der Waals surface area (Å²) in [6.45, 7) is 0.706. The van der Waals surface area contributed by atoms with Gasteiger partial charge in [0.05, 0.1) is 23.8 Å². The molecule has 2 fully saturated rings. The molecular weight excluding hydrogens is 306 g/mol. The predicted molar refractivity (Wildman–Crippen MR) is 78.4 cm³/mol. The molecule has 1 aromatic rings. The molecule has 0 spiro atoms. The van der Waals surface area contributed by atoms with Crippen LogP contribution in [0.1, 0.15) is 24.8 Å². The van der Waals surface area contributed by atoms with E-state index in [1.165, 1.54) is 18.4 Å². The van der Waals surface area contributed by atoms with Gasteiger partial charge in [-0.05, 0) is 59.3 Å². The second-order valence-corrected chi connectivity index (χ2v) is 6.59. The van der Waals surface area contributed by atoms with Crippen LogP contribution in [0.25, 0.3) is 0 Å². The van der Waals surface area contributed by atoms with E-state index in [4.69, 9.17) is 15.2 Å². The minimum atomic E-state index is 0.136. The standard InChI is InChI=1S/C15H20BrNO2/c1-18-13-4-2-10(6-12(13)16)7-15(9-17)8-11-3-5-14(15)19-11/h2,4,6,11,14H,3,5,7-9,17H2,1H3. The van der Waals surface area contributed by atoms with Gasteiger partial charge in [0.2, 0.25) is 0 Å². The summed E-state index contributed by atoms with van der Waals surface area (Å²) < 4.78 is 12.3.